The minimum atomic E-state index is 0.301. The molecule has 0 radical (unpaired) electrons. The van der Waals surface area contributed by atoms with Gasteiger partial charge in [-0.05, 0) is 30.5 Å². The van der Waals surface area contributed by atoms with Crippen LogP contribution in [-0.4, -0.2) is 49.9 Å². The molecule has 0 bridgehead atoms. The standard InChI is InChI=1S/C17H24N2O2/c1-2-6-16-13(4-1)10-20-12-17(16)18-8-15-9-19-7-3-5-14(19)11-21-15/h1-2,4,6,14-15,17-18H,3,5,7-12H2. The van der Waals surface area contributed by atoms with Gasteiger partial charge in [0.15, 0.2) is 0 Å². The van der Waals surface area contributed by atoms with E-state index in [9.17, 15) is 0 Å². The van der Waals surface area contributed by atoms with E-state index < -0.39 is 0 Å². The molecule has 0 amide bonds. The number of hydrogen-bond acceptors (Lipinski definition) is 4. The monoisotopic (exact) mass is 288 g/mol. The highest BCUT2D eigenvalue weighted by Gasteiger charge is 2.32. The van der Waals surface area contributed by atoms with Crippen molar-refractivity contribution in [3.8, 4) is 0 Å². The van der Waals surface area contributed by atoms with Gasteiger partial charge in [0.25, 0.3) is 0 Å². The summed E-state index contributed by atoms with van der Waals surface area (Å²) in [6, 6.07) is 9.56. The summed E-state index contributed by atoms with van der Waals surface area (Å²) in [5.74, 6) is 0. The molecule has 4 heteroatoms. The van der Waals surface area contributed by atoms with Crippen molar-refractivity contribution in [3.05, 3.63) is 35.4 Å². The molecule has 3 aliphatic rings. The van der Waals surface area contributed by atoms with E-state index >= 15 is 0 Å². The summed E-state index contributed by atoms with van der Waals surface area (Å²) < 4.78 is 11.7. The average Bonchev–Trinajstić information content (AvgIpc) is 3.00. The normalized spacial score (nSPS) is 32.7. The number of rotatable bonds is 3. The van der Waals surface area contributed by atoms with Gasteiger partial charge in [0.2, 0.25) is 0 Å². The van der Waals surface area contributed by atoms with Gasteiger partial charge in [0.1, 0.15) is 0 Å². The molecule has 0 aliphatic carbocycles. The Hall–Kier alpha value is -0.940. The summed E-state index contributed by atoms with van der Waals surface area (Å²) in [6.45, 7) is 5.64. The predicted molar refractivity (Wildman–Crippen MR) is 81.2 cm³/mol. The van der Waals surface area contributed by atoms with Gasteiger partial charge in [-0.2, -0.15) is 0 Å². The lowest BCUT2D eigenvalue weighted by Crippen LogP contribution is -2.50. The smallest absolute Gasteiger partial charge is 0.0827 e. The molecule has 1 N–H and O–H groups in total. The summed E-state index contributed by atoms with van der Waals surface area (Å²) >= 11 is 0. The molecule has 2 fully saturated rings. The molecular weight excluding hydrogens is 264 g/mol. The molecule has 3 unspecified atom stereocenters. The van der Waals surface area contributed by atoms with Crippen molar-refractivity contribution < 1.29 is 9.47 Å². The largest absolute Gasteiger partial charge is 0.375 e. The van der Waals surface area contributed by atoms with E-state index in [2.05, 4.69) is 34.5 Å². The molecule has 0 saturated carbocycles. The first kappa shape index (κ1) is 13.7. The highest BCUT2D eigenvalue weighted by Crippen LogP contribution is 2.25. The van der Waals surface area contributed by atoms with Gasteiger partial charge in [-0.25, -0.2) is 0 Å². The summed E-state index contributed by atoms with van der Waals surface area (Å²) in [4.78, 5) is 2.60. The van der Waals surface area contributed by atoms with Crippen molar-refractivity contribution >= 4 is 0 Å². The third kappa shape index (κ3) is 2.86. The van der Waals surface area contributed by atoms with Crippen molar-refractivity contribution in [3.63, 3.8) is 0 Å². The Morgan fingerprint density at radius 1 is 1.24 bits per heavy atom. The number of benzene rings is 1. The molecule has 2 saturated heterocycles. The van der Waals surface area contributed by atoms with E-state index in [0.29, 0.717) is 18.2 Å². The number of hydrogen-bond donors (Lipinski definition) is 1. The Bertz CT molecular complexity index is 493. The summed E-state index contributed by atoms with van der Waals surface area (Å²) in [7, 11) is 0. The SMILES string of the molecule is c1ccc2c(c1)COCC2NCC1CN2CCCC2CO1. The molecule has 3 aliphatic heterocycles. The second-order valence-corrected chi connectivity index (χ2v) is 6.42. The predicted octanol–water partition coefficient (Wildman–Crippen LogP) is 1.71. The molecule has 4 nitrogen and oxygen atoms in total. The Morgan fingerprint density at radius 2 is 2.19 bits per heavy atom. The first-order chi connectivity index (χ1) is 10.4. The van der Waals surface area contributed by atoms with Crippen LogP contribution in [0.25, 0.3) is 0 Å². The number of nitrogens with zero attached hydrogens (tertiary/aromatic N) is 1. The fourth-order valence-electron chi connectivity index (χ4n) is 3.83. The zero-order valence-electron chi connectivity index (χ0n) is 12.5. The highest BCUT2D eigenvalue weighted by atomic mass is 16.5. The molecule has 4 rings (SSSR count). The lowest BCUT2D eigenvalue weighted by atomic mass is 9.99. The van der Waals surface area contributed by atoms with Crippen LogP contribution in [0.3, 0.4) is 0 Å². The third-order valence-electron chi connectivity index (χ3n) is 5.03. The minimum Gasteiger partial charge on any atom is -0.375 e. The van der Waals surface area contributed by atoms with Crippen molar-refractivity contribution in [1.82, 2.24) is 10.2 Å². The topological polar surface area (TPSA) is 33.7 Å². The summed E-state index contributed by atoms with van der Waals surface area (Å²) in [6.07, 6.45) is 2.95. The summed E-state index contributed by atoms with van der Waals surface area (Å²) in [5, 5.41) is 3.65. The van der Waals surface area contributed by atoms with Crippen molar-refractivity contribution in [1.29, 1.82) is 0 Å². The Kier molecular flexibility index (Phi) is 3.95. The van der Waals surface area contributed by atoms with Crippen LogP contribution in [-0.2, 0) is 16.1 Å². The van der Waals surface area contributed by atoms with Gasteiger partial charge in [0.05, 0.1) is 32.0 Å². The average molecular weight is 288 g/mol. The second kappa shape index (κ2) is 6.05. The van der Waals surface area contributed by atoms with Crippen molar-refractivity contribution in [2.75, 3.05) is 32.8 Å². The quantitative estimate of drug-likeness (QED) is 0.918. The maximum atomic E-state index is 6.03. The minimum absolute atomic E-state index is 0.301. The number of morpholine rings is 1. The van der Waals surface area contributed by atoms with Crippen LogP contribution in [0.1, 0.15) is 30.0 Å². The molecule has 3 atom stereocenters. The lowest BCUT2D eigenvalue weighted by Gasteiger charge is -2.36. The van der Waals surface area contributed by atoms with E-state index in [4.69, 9.17) is 9.47 Å². The van der Waals surface area contributed by atoms with Gasteiger partial charge in [-0.15, -0.1) is 0 Å². The molecule has 0 spiro atoms. The van der Waals surface area contributed by atoms with E-state index in [-0.39, 0.29) is 0 Å². The highest BCUT2D eigenvalue weighted by molar-refractivity contribution is 5.31. The first-order valence-corrected chi connectivity index (χ1v) is 8.15. The van der Waals surface area contributed by atoms with Crippen LogP contribution < -0.4 is 5.32 Å². The first-order valence-electron chi connectivity index (χ1n) is 8.15. The van der Waals surface area contributed by atoms with Crippen LogP contribution in [0.4, 0.5) is 0 Å². The Labute approximate surface area is 126 Å². The maximum Gasteiger partial charge on any atom is 0.0827 e. The van der Waals surface area contributed by atoms with Crippen LogP contribution in [0.2, 0.25) is 0 Å². The second-order valence-electron chi connectivity index (χ2n) is 6.42. The van der Waals surface area contributed by atoms with Crippen LogP contribution in [0, 0.1) is 0 Å². The fraction of sp³-hybridized carbons (Fsp3) is 0.647. The van der Waals surface area contributed by atoms with Gasteiger partial charge < -0.3 is 14.8 Å². The van der Waals surface area contributed by atoms with E-state index in [1.165, 1.54) is 30.5 Å². The number of ether oxygens (including phenoxy) is 2. The molecule has 114 valence electrons. The molecule has 1 aromatic carbocycles. The van der Waals surface area contributed by atoms with Crippen LogP contribution >= 0.6 is 0 Å². The van der Waals surface area contributed by atoms with Crippen molar-refractivity contribution in [2.24, 2.45) is 0 Å². The Morgan fingerprint density at radius 3 is 3.19 bits per heavy atom. The number of fused-ring (bicyclic) bond motifs is 2. The van der Waals surface area contributed by atoms with Gasteiger partial charge >= 0.3 is 0 Å². The molecule has 0 aromatic heterocycles. The van der Waals surface area contributed by atoms with E-state index in [1.54, 1.807) is 0 Å². The lowest BCUT2D eigenvalue weighted by molar-refractivity contribution is -0.0494. The van der Waals surface area contributed by atoms with Gasteiger partial charge in [0, 0.05) is 19.1 Å². The Balaban J connectivity index is 1.35. The zero-order chi connectivity index (χ0) is 14.1. The summed E-state index contributed by atoms with van der Waals surface area (Å²) in [5.41, 5.74) is 2.70. The fourth-order valence-corrected chi connectivity index (χ4v) is 3.83. The van der Waals surface area contributed by atoms with Crippen LogP contribution in [0.5, 0.6) is 0 Å². The number of nitrogens with one attached hydrogen (secondary N) is 1. The molecule has 1 aromatic rings. The molecule has 21 heavy (non-hydrogen) atoms. The van der Waals surface area contributed by atoms with E-state index in [1.807, 2.05) is 0 Å². The zero-order valence-corrected chi connectivity index (χ0v) is 12.5. The van der Waals surface area contributed by atoms with E-state index in [0.717, 1.165) is 32.9 Å². The van der Waals surface area contributed by atoms with Crippen LogP contribution in [0.15, 0.2) is 24.3 Å². The molecule has 3 heterocycles. The van der Waals surface area contributed by atoms with Gasteiger partial charge in [-0.3, -0.25) is 4.90 Å². The third-order valence-corrected chi connectivity index (χ3v) is 5.03. The molecular formula is C17H24N2O2. The van der Waals surface area contributed by atoms with Gasteiger partial charge in [-0.1, -0.05) is 24.3 Å². The van der Waals surface area contributed by atoms with Crippen molar-refractivity contribution in [2.45, 2.75) is 37.6 Å². The maximum absolute atomic E-state index is 6.03.